The Kier molecular flexibility index (Phi) is 5.71. The summed E-state index contributed by atoms with van der Waals surface area (Å²) in [5, 5.41) is 5.72. The van der Waals surface area contributed by atoms with Crippen LogP contribution in [0.1, 0.15) is 21.6 Å². The topological polar surface area (TPSA) is 45.2 Å². The standard InChI is InChI=1S/C18H21N3OS/c1-5-9-21(10-6-2)17(22)16-12-23-18(20-16)19-15-8-7-13(3)14(4)11-15/h5-8,11-12H,1-2,9-10H2,3-4H3,(H,19,20). The number of nitrogens with zero attached hydrogens (tertiary/aromatic N) is 2. The van der Waals surface area contributed by atoms with Crippen LogP contribution in [-0.2, 0) is 0 Å². The lowest BCUT2D eigenvalue weighted by atomic mass is 10.1. The predicted molar refractivity (Wildman–Crippen MR) is 97.6 cm³/mol. The van der Waals surface area contributed by atoms with Crippen molar-refractivity contribution in [2.75, 3.05) is 18.4 Å². The molecule has 0 saturated carbocycles. The number of thiazole rings is 1. The average molecular weight is 327 g/mol. The quantitative estimate of drug-likeness (QED) is 0.770. The Morgan fingerprint density at radius 2 is 1.96 bits per heavy atom. The molecule has 0 unspecified atom stereocenters. The van der Waals surface area contributed by atoms with E-state index < -0.39 is 0 Å². The van der Waals surface area contributed by atoms with Gasteiger partial charge in [-0.3, -0.25) is 4.79 Å². The number of aryl methyl sites for hydroxylation is 2. The lowest BCUT2D eigenvalue weighted by Crippen LogP contribution is -2.31. The highest BCUT2D eigenvalue weighted by Gasteiger charge is 2.17. The number of carbonyl (C=O) groups is 1. The molecule has 0 aliphatic rings. The molecule has 0 atom stereocenters. The second-order valence-corrected chi connectivity index (χ2v) is 6.11. The minimum atomic E-state index is -0.116. The van der Waals surface area contributed by atoms with Crippen LogP contribution in [0.15, 0.2) is 48.9 Å². The molecule has 0 fully saturated rings. The van der Waals surface area contributed by atoms with Crippen molar-refractivity contribution in [1.82, 2.24) is 9.88 Å². The van der Waals surface area contributed by atoms with Crippen molar-refractivity contribution in [3.63, 3.8) is 0 Å². The first kappa shape index (κ1) is 17.0. The molecule has 0 radical (unpaired) electrons. The fraction of sp³-hybridized carbons (Fsp3) is 0.222. The molecule has 4 nitrogen and oxygen atoms in total. The van der Waals surface area contributed by atoms with Gasteiger partial charge in [-0.15, -0.1) is 24.5 Å². The van der Waals surface area contributed by atoms with Gasteiger partial charge in [-0.25, -0.2) is 4.98 Å². The molecule has 1 amide bonds. The number of hydrogen-bond acceptors (Lipinski definition) is 4. The van der Waals surface area contributed by atoms with Crippen LogP contribution < -0.4 is 5.32 Å². The smallest absolute Gasteiger partial charge is 0.273 e. The number of hydrogen-bond donors (Lipinski definition) is 1. The van der Waals surface area contributed by atoms with Gasteiger partial charge in [0, 0.05) is 24.2 Å². The van der Waals surface area contributed by atoms with Gasteiger partial charge in [-0.05, 0) is 37.1 Å². The third kappa shape index (κ3) is 4.29. The van der Waals surface area contributed by atoms with Gasteiger partial charge in [0.05, 0.1) is 0 Å². The fourth-order valence-electron chi connectivity index (χ4n) is 2.09. The van der Waals surface area contributed by atoms with E-state index in [2.05, 4.69) is 49.4 Å². The second-order valence-electron chi connectivity index (χ2n) is 5.25. The van der Waals surface area contributed by atoms with E-state index in [0.29, 0.717) is 23.9 Å². The minimum Gasteiger partial charge on any atom is -0.332 e. The summed E-state index contributed by atoms with van der Waals surface area (Å²) in [7, 11) is 0. The Morgan fingerprint density at radius 3 is 2.57 bits per heavy atom. The van der Waals surface area contributed by atoms with Crippen LogP contribution in [0.2, 0.25) is 0 Å². The first-order chi connectivity index (χ1) is 11.0. The zero-order valence-corrected chi connectivity index (χ0v) is 14.3. The molecule has 120 valence electrons. The molecule has 23 heavy (non-hydrogen) atoms. The van der Waals surface area contributed by atoms with E-state index in [4.69, 9.17) is 0 Å². The summed E-state index contributed by atoms with van der Waals surface area (Å²) >= 11 is 1.41. The number of amides is 1. The third-order valence-electron chi connectivity index (χ3n) is 3.47. The van der Waals surface area contributed by atoms with Gasteiger partial charge in [0.25, 0.3) is 5.91 Å². The Hall–Kier alpha value is -2.40. The molecule has 0 aliphatic heterocycles. The van der Waals surface area contributed by atoms with Gasteiger partial charge in [-0.1, -0.05) is 18.2 Å². The van der Waals surface area contributed by atoms with Crippen molar-refractivity contribution in [2.45, 2.75) is 13.8 Å². The molecule has 0 aliphatic carbocycles. The van der Waals surface area contributed by atoms with Gasteiger partial charge in [-0.2, -0.15) is 0 Å². The second kappa shape index (κ2) is 7.74. The zero-order valence-electron chi connectivity index (χ0n) is 13.5. The summed E-state index contributed by atoms with van der Waals surface area (Å²) < 4.78 is 0. The lowest BCUT2D eigenvalue weighted by Gasteiger charge is -2.17. The molecular weight excluding hydrogens is 306 g/mol. The van der Waals surface area contributed by atoms with Gasteiger partial charge in [0.2, 0.25) is 0 Å². The largest absolute Gasteiger partial charge is 0.332 e. The van der Waals surface area contributed by atoms with Gasteiger partial charge in [0.15, 0.2) is 5.13 Å². The lowest BCUT2D eigenvalue weighted by molar-refractivity contribution is 0.0786. The van der Waals surface area contributed by atoms with E-state index in [-0.39, 0.29) is 5.91 Å². The van der Waals surface area contributed by atoms with Gasteiger partial charge >= 0.3 is 0 Å². The SMILES string of the molecule is C=CCN(CC=C)C(=O)c1csc(Nc2ccc(C)c(C)c2)n1. The van der Waals surface area contributed by atoms with Crippen molar-refractivity contribution in [1.29, 1.82) is 0 Å². The van der Waals surface area contributed by atoms with Crippen molar-refractivity contribution >= 4 is 28.1 Å². The molecule has 0 saturated heterocycles. The Labute approximate surface area is 141 Å². The molecule has 1 N–H and O–H groups in total. The van der Waals surface area contributed by atoms with Crippen molar-refractivity contribution < 1.29 is 4.79 Å². The van der Waals surface area contributed by atoms with Crippen LogP contribution in [0.3, 0.4) is 0 Å². The molecule has 5 heteroatoms. The fourth-order valence-corrected chi connectivity index (χ4v) is 2.79. The summed E-state index contributed by atoms with van der Waals surface area (Å²) in [5.41, 5.74) is 3.86. The monoisotopic (exact) mass is 327 g/mol. The Balaban J connectivity index is 2.12. The summed E-state index contributed by atoms with van der Waals surface area (Å²) in [6, 6.07) is 6.14. The molecule has 0 spiro atoms. The van der Waals surface area contributed by atoms with Crippen LogP contribution in [0, 0.1) is 13.8 Å². The maximum atomic E-state index is 12.4. The number of anilines is 2. The number of carbonyl (C=O) groups excluding carboxylic acids is 1. The summed E-state index contributed by atoms with van der Waals surface area (Å²) in [6.07, 6.45) is 3.39. The summed E-state index contributed by atoms with van der Waals surface area (Å²) in [6.45, 7) is 12.4. The number of benzene rings is 1. The van der Waals surface area contributed by atoms with E-state index in [1.54, 1.807) is 22.4 Å². The number of rotatable bonds is 7. The molecular formula is C18H21N3OS. The van der Waals surface area contributed by atoms with Crippen LogP contribution >= 0.6 is 11.3 Å². The minimum absolute atomic E-state index is 0.116. The highest BCUT2D eigenvalue weighted by molar-refractivity contribution is 7.14. The van der Waals surface area contributed by atoms with E-state index in [0.717, 1.165) is 5.69 Å². The number of aromatic nitrogens is 1. The van der Waals surface area contributed by atoms with Crippen molar-refractivity contribution in [3.05, 3.63) is 65.7 Å². The molecule has 2 rings (SSSR count). The molecule has 2 aromatic rings. The molecule has 1 aromatic carbocycles. The first-order valence-corrected chi connectivity index (χ1v) is 8.24. The van der Waals surface area contributed by atoms with Gasteiger partial charge < -0.3 is 10.2 Å². The first-order valence-electron chi connectivity index (χ1n) is 7.36. The molecule has 0 bridgehead atoms. The Morgan fingerprint density at radius 1 is 1.26 bits per heavy atom. The Bertz CT molecular complexity index is 711. The highest BCUT2D eigenvalue weighted by Crippen LogP contribution is 2.23. The van der Waals surface area contributed by atoms with E-state index in [1.807, 2.05) is 6.07 Å². The summed E-state index contributed by atoms with van der Waals surface area (Å²) in [4.78, 5) is 18.5. The molecule has 1 aromatic heterocycles. The van der Waals surface area contributed by atoms with E-state index in [9.17, 15) is 4.79 Å². The average Bonchev–Trinajstić information content (AvgIpc) is 2.98. The van der Waals surface area contributed by atoms with Crippen LogP contribution in [0.4, 0.5) is 10.8 Å². The number of nitrogens with one attached hydrogen (secondary N) is 1. The van der Waals surface area contributed by atoms with Crippen molar-refractivity contribution in [3.8, 4) is 0 Å². The maximum Gasteiger partial charge on any atom is 0.273 e. The van der Waals surface area contributed by atoms with Crippen molar-refractivity contribution in [2.24, 2.45) is 0 Å². The summed E-state index contributed by atoms with van der Waals surface area (Å²) in [5.74, 6) is -0.116. The van der Waals surface area contributed by atoms with E-state index in [1.165, 1.54) is 22.5 Å². The van der Waals surface area contributed by atoms with Crippen LogP contribution in [0.25, 0.3) is 0 Å². The third-order valence-corrected chi connectivity index (χ3v) is 4.23. The van der Waals surface area contributed by atoms with E-state index >= 15 is 0 Å². The highest BCUT2D eigenvalue weighted by atomic mass is 32.1. The maximum absolute atomic E-state index is 12.4. The van der Waals surface area contributed by atoms with Crippen LogP contribution in [-0.4, -0.2) is 28.9 Å². The van der Waals surface area contributed by atoms with Gasteiger partial charge in [0.1, 0.15) is 5.69 Å². The molecule has 1 heterocycles. The van der Waals surface area contributed by atoms with Crippen LogP contribution in [0.5, 0.6) is 0 Å². The normalized spacial score (nSPS) is 10.2. The zero-order chi connectivity index (χ0) is 16.8. The predicted octanol–water partition coefficient (Wildman–Crippen LogP) is 4.32.